The summed E-state index contributed by atoms with van der Waals surface area (Å²) in [6.45, 7) is 2.12. The minimum Gasteiger partial charge on any atom is -0.494 e. The van der Waals surface area contributed by atoms with Crippen molar-refractivity contribution in [2.75, 3.05) is 12.4 Å². The van der Waals surface area contributed by atoms with Gasteiger partial charge in [0.2, 0.25) is 0 Å². The zero-order chi connectivity index (χ0) is 14.8. The molecule has 3 rings (SSSR count). The van der Waals surface area contributed by atoms with Gasteiger partial charge in [-0.3, -0.25) is 0 Å². The molecule has 0 radical (unpaired) electrons. The third-order valence-corrected chi connectivity index (χ3v) is 5.40. The van der Waals surface area contributed by atoms with Crippen molar-refractivity contribution >= 4 is 17.0 Å². The molecule has 1 N–H and O–H groups in total. The standard InChI is InChI=1S/C17H20FNOS/c1-11(17-9-12-5-3-4-6-16(12)21-17)19-13-7-8-15(20-2)14(18)10-13/h7-11,19H,3-6H2,1-2H3. The average Bonchev–Trinajstić information content (AvgIpc) is 2.91. The number of benzene rings is 1. The number of aryl methyl sites for hydroxylation is 2. The summed E-state index contributed by atoms with van der Waals surface area (Å²) in [7, 11) is 1.48. The van der Waals surface area contributed by atoms with Crippen LogP contribution in [0.15, 0.2) is 24.3 Å². The number of ether oxygens (including phenoxy) is 1. The van der Waals surface area contributed by atoms with Crippen LogP contribution in [0.3, 0.4) is 0 Å². The van der Waals surface area contributed by atoms with Crippen molar-refractivity contribution in [1.29, 1.82) is 0 Å². The molecular weight excluding hydrogens is 285 g/mol. The summed E-state index contributed by atoms with van der Waals surface area (Å²) < 4.78 is 18.7. The van der Waals surface area contributed by atoms with E-state index in [0.717, 1.165) is 5.69 Å². The number of methoxy groups -OCH3 is 1. The summed E-state index contributed by atoms with van der Waals surface area (Å²) in [6.07, 6.45) is 5.02. The van der Waals surface area contributed by atoms with Crippen LogP contribution in [0.2, 0.25) is 0 Å². The molecule has 0 saturated carbocycles. The van der Waals surface area contributed by atoms with Gasteiger partial charge in [0.05, 0.1) is 13.2 Å². The fourth-order valence-corrected chi connectivity index (χ4v) is 4.06. The number of hydrogen-bond donors (Lipinski definition) is 1. The third kappa shape index (κ3) is 3.05. The first-order valence-corrected chi connectivity index (χ1v) is 8.20. The van der Waals surface area contributed by atoms with Gasteiger partial charge in [0.15, 0.2) is 11.6 Å². The van der Waals surface area contributed by atoms with Crippen LogP contribution >= 0.6 is 11.3 Å². The second-order valence-corrected chi connectivity index (χ2v) is 6.69. The van der Waals surface area contributed by atoms with E-state index in [-0.39, 0.29) is 17.6 Å². The SMILES string of the molecule is COc1ccc(NC(C)c2cc3c(s2)CCCC3)cc1F. The van der Waals surface area contributed by atoms with Crippen LogP contribution in [0.25, 0.3) is 0 Å². The fraction of sp³-hybridized carbons (Fsp3) is 0.412. The maximum atomic E-state index is 13.7. The molecule has 4 heteroatoms. The van der Waals surface area contributed by atoms with Crippen LogP contribution in [-0.4, -0.2) is 7.11 Å². The Bertz CT molecular complexity index is 614. The van der Waals surface area contributed by atoms with Crippen LogP contribution in [0.4, 0.5) is 10.1 Å². The van der Waals surface area contributed by atoms with Gasteiger partial charge in [-0.2, -0.15) is 0 Å². The molecule has 0 aliphatic heterocycles. The third-order valence-electron chi connectivity index (χ3n) is 3.98. The fourth-order valence-electron chi connectivity index (χ4n) is 2.80. The van der Waals surface area contributed by atoms with Crippen molar-refractivity contribution in [2.24, 2.45) is 0 Å². The number of anilines is 1. The number of thiophene rings is 1. The Hall–Kier alpha value is -1.55. The lowest BCUT2D eigenvalue weighted by Gasteiger charge is -2.14. The number of nitrogens with one attached hydrogen (secondary N) is 1. The van der Waals surface area contributed by atoms with Crippen molar-refractivity contribution in [2.45, 2.75) is 38.6 Å². The maximum absolute atomic E-state index is 13.7. The average molecular weight is 305 g/mol. The van der Waals surface area contributed by atoms with Gasteiger partial charge in [0, 0.05) is 21.5 Å². The van der Waals surface area contributed by atoms with E-state index in [0.29, 0.717) is 0 Å². The highest BCUT2D eigenvalue weighted by atomic mass is 32.1. The largest absolute Gasteiger partial charge is 0.494 e. The van der Waals surface area contributed by atoms with E-state index >= 15 is 0 Å². The molecule has 0 amide bonds. The quantitative estimate of drug-likeness (QED) is 0.863. The number of rotatable bonds is 4. The summed E-state index contributed by atoms with van der Waals surface area (Å²) in [4.78, 5) is 2.86. The first-order chi connectivity index (χ1) is 10.2. The molecule has 2 aromatic rings. The first-order valence-electron chi connectivity index (χ1n) is 7.39. The van der Waals surface area contributed by atoms with Crippen LogP contribution in [0.5, 0.6) is 5.75 Å². The zero-order valence-corrected chi connectivity index (χ0v) is 13.2. The van der Waals surface area contributed by atoms with Crippen LogP contribution < -0.4 is 10.1 Å². The highest BCUT2D eigenvalue weighted by Gasteiger charge is 2.16. The van der Waals surface area contributed by atoms with Gasteiger partial charge < -0.3 is 10.1 Å². The summed E-state index contributed by atoms with van der Waals surface area (Å²) in [5, 5.41) is 3.37. The number of hydrogen-bond acceptors (Lipinski definition) is 3. The number of fused-ring (bicyclic) bond motifs is 1. The normalized spacial score (nSPS) is 15.4. The molecule has 1 aliphatic rings. The smallest absolute Gasteiger partial charge is 0.167 e. The monoisotopic (exact) mass is 305 g/mol. The summed E-state index contributed by atoms with van der Waals surface area (Å²) >= 11 is 1.89. The second kappa shape index (κ2) is 6.06. The van der Waals surface area contributed by atoms with Crippen molar-refractivity contribution in [3.63, 3.8) is 0 Å². The Morgan fingerprint density at radius 3 is 2.76 bits per heavy atom. The molecule has 2 nitrogen and oxygen atoms in total. The van der Waals surface area contributed by atoms with Crippen molar-refractivity contribution < 1.29 is 9.13 Å². The van der Waals surface area contributed by atoms with E-state index in [4.69, 9.17) is 4.74 Å². The van der Waals surface area contributed by atoms with Crippen LogP contribution in [0, 0.1) is 5.82 Å². The van der Waals surface area contributed by atoms with Gasteiger partial charge in [-0.25, -0.2) is 4.39 Å². The van der Waals surface area contributed by atoms with E-state index in [1.165, 1.54) is 54.2 Å². The minimum absolute atomic E-state index is 0.188. The highest BCUT2D eigenvalue weighted by Crippen LogP contribution is 2.34. The van der Waals surface area contributed by atoms with Crippen molar-refractivity contribution in [3.05, 3.63) is 45.4 Å². The van der Waals surface area contributed by atoms with Gasteiger partial charge >= 0.3 is 0 Å². The maximum Gasteiger partial charge on any atom is 0.167 e. The molecule has 0 fully saturated rings. The van der Waals surface area contributed by atoms with E-state index in [1.54, 1.807) is 6.07 Å². The van der Waals surface area contributed by atoms with Crippen molar-refractivity contribution in [3.8, 4) is 5.75 Å². The molecule has 0 bridgehead atoms. The molecule has 1 aliphatic carbocycles. The lowest BCUT2D eigenvalue weighted by atomic mass is 9.99. The topological polar surface area (TPSA) is 21.3 Å². The Balaban J connectivity index is 1.75. The van der Waals surface area contributed by atoms with Gasteiger partial charge in [-0.15, -0.1) is 11.3 Å². The Kier molecular flexibility index (Phi) is 4.15. The molecule has 1 atom stereocenters. The van der Waals surface area contributed by atoms with Crippen LogP contribution in [0.1, 0.15) is 41.1 Å². The Labute approximate surface area is 129 Å². The summed E-state index contributed by atoms with van der Waals surface area (Å²) in [5.74, 6) is -0.0556. The minimum atomic E-state index is -0.333. The highest BCUT2D eigenvalue weighted by molar-refractivity contribution is 7.12. The zero-order valence-electron chi connectivity index (χ0n) is 12.4. The lowest BCUT2D eigenvalue weighted by molar-refractivity contribution is 0.386. The van der Waals surface area contributed by atoms with Gasteiger partial charge in [0.1, 0.15) is 0 Å². The molecule has 0 saturated heterocycles. The molecule has 21 heavy (non-hydrogen) atoms. The molecule has 0 spiro atoms. The van der Waals surface area contributed by atoms with E-state index in [9.17, 15) is 4.39 Å². The molecule has 1 aromatic heterocycles. The Morgan fingerprint density at radius 2 is 2.05 bits per heavy atom. The molecule has 1 aromatic carbocycles. The predicted molar refractivity (Wildman–Crippen MR) is 86.0 cm³/mol. The Morgan fingerprint density at radius 1 is 1.24 bits per heavy atom. The van der Waals surface area contributed by atoms with Gasteiger partial charge in [-0.05, 0) is 56.4 Å². The summed E-state index contributed by atoms with van der Waals surface area (Å²) in [6, 6.07) is 7.50. The van der Waals surface area contributed by atoms with Gasteiger partial charge in [-0.1, -0.05) is 0 Å². The predicted octanol–water partition coefficient (Wildman–Crippen LogP) is 4.95. The molecule has 112 valence electrons. The number of halogens is 1. The summed E-state index contributed by atoms with van der Waals surface area (Å²) in [5.41, 5.74) is 2.29. The van der Waals surface area contributed by atoms with E-state index in [2.05, 4.69) is 18.3 Å². The second-order valence-electron chi connectivity index (χ2n) is 5.52. The van der Waals surface area contributed by atoms with Crippen LogP contribution in [-0.2, 0) is 12.8 Å². The van der Waals surface area contributed by atoms with Crippen molar-refractivity contribution in [1.82, 2.24) is 0 Å². The van der Waals surface area contributed by atoms with E-state index < -0.39 is 0 Å². The molecule has 1 heterocycles. The van der Waals surface area contributed by atoms with E-state index in [1.807, 2.05) is 17.4 Å². The first kappa shape index (κ1) is 14.4. The molecular formula is C17H20FNOS. The molecule has 1 unspecified atom stereocenters. The van der Waals surface area contributed by atoms with Gasteiger partial charge in [0.25, 0.3) is 0 Å². The lowest BCUT2D eigenvalue weighted by Crippen LogP contribution is -2.05.